The number of thiophene rings is 1. The Hall–Kier alpha value is -1.89. The molecule has 2 heterocycles. The van der Waals surface area contributed by atoms with Gasteiger partial charge in [0, 0.05) is 19.4 Å². The number of rotatable bonds is 9. The molecule has 0 spiro atoms. The zero-order chi connectivity index (χ0) is 20.6. The summed E-state index contributed by atoms with van der Waals surface area (Å²) in [7, 11) is 1.66. The van der Waals surface area contributed by atoms with Crippen molar-refractivity contribution < 1.29 is 14.3 Å². The highest BCUT2D eigenvalue weighted by Gasteiger charge is 2.23. The van der Waals surface area contributed by atoms with Crippen LogP contribution >= 0.6 is 22.9 Å². The van der Waals surface area contributed by atoms with E-state index in [4.69, 9.17) is 16.3 Å². The number of benzene rings is 1. The quantitative estimate of drug-likeness (QED) is 0.580. The average molecular weight is 435 g/mol. The number of Topliss-reactive ketones (excluding diaryl/α,β-unsaturated/α-hetero) is 1. The molecule has 1 N–H and O–H groups in total. The van der Waals surface area contributed by atoms with Crippen LogP contribution in [0.4, 0.5) is 0 Å². The molecule has 0 aliphatic carbocycles. The van der Waals surface area contributed by atoms with Gasteiger partial charge in [0.25, 0.3) is 0 Å². The van der Waals surface area contributed by atoms with Gasteiger partial charge in [0.2, 0.25) is 5.91 Å². The number of carbonyl (C=O) groups is 2. The topological polar surface area (TPSA) is 58.6 Å². The van der Waals surface area contributed by atoms with Crippen molar-refractivity contribution in [2.75, 3.05) is 26.7 Å². The number of ether oxygens (including phenoxy) is 1. The summed E-state index contributed by atoms with van der Waals surface area (Å²) in [4.78, 5) is 27.6. The smallest absolute Gasteiger partial charge is 0.220 e. The molecule has 7 heteroatoms. The van der Waals surface area contributed by atoms with Crippen molar-refractivity contribution in [1.82, 2.24) is 10.2 Å². The number of likely N-dealkylation sites (tertiary alicyclic amines) is 1. The van der Waals surface area contributed by atoms with Gasteiger partial charge < -0.3 is 10.1 Å². The molecule has 0 radical (unpaired) electrons. The lowest BCUT2D eigenvalue weighted by Gasteiger charge is -2.35. The molecule has 1 fully saturated rings. The van der Waals surface area contributed by atoms with Gasteiger partial charge in [0.05, 0.1) is 22.4 Å². The normalized spacial score (nSPS) is 15.7. The molecular formula is C22H27ClN2O3S. The van der Waals surface area contributed by atoms with Gasteiger partial charge in [-0.25, -0.2) is 0 Å². The van der Waals surface area contributed by atoms with Crippen LogP contribution in [-0.4, -0.2) is 43.3 Å². The number of hydrogen-bond donors (Lipinski definition) is 1. The fourth-order valence-corrected chi connectivity index (χ4v) is 4.64. The molecule has 3 rings (SSSR count). The first-order valence-electron chi connectivity index (χ1n) is 10.00. The van der Waals surface area contributed by atoms with Gasteiger partial charge in [-0.3, -0.25) is 14.5 Å². The third kappa shape index (κ3) is 6.29. The first-order chi connectivity index (χ1) is 14.1. The second-order valence-corrected chi connectivity index (χ2v) is 8.93. The van der Waals surface area contributed by atoms with Crippen LogP contribution in [0.25, 0.3) is 0 Å². The van der Waals surface area contributed by atoms with Crippen LogP contribution in [0.5, 0.6) is 5.75 Å². The van der Waals surface area contributed by atoms with Gasteiger partial charge in [-0.05, 0) is 55.8 Å². The summed E-state index contributed by atoms with van der Waals surface area (Å²) < 4.78 is 5.85. The molecule has 5 nitrogen and oxygen atoms in total. The zero-order valence-corrected chi connectivity index (χ0v) is 18.2. The predicted molar refractivity (Wildman–Crippen MR) is 117 cm³/mol. The standard InChI is InChI=1S/C22H27ClN2O3S/c1-28-17-7-5-16(6-8-17)18(25-13-3-2-4-14-25)15-24-22(27)12-9-19(26)20-10-11-21(23)29-20/h5-8,10-11,18H,2-4,9,12-15H2,1H3,(H,24,27). The number of carbonyl (C=O) groups excluding carboxylic acids is 2. The molecule has 2 aromatic rings. The summed E-state index contributed by atoms with van der Waals surface area (Å²) in [5, 5.41) is 3.03. The zero-order valence-electron chi connectivity index (χ0n) is 16.7. The Balaban J connectivity index is 1.56. The Bertz CT molecular complexity index is 816. The highest BCUT2D eigenvalue weighted by molar-refractivity contribution is 7.18. The molecule has 0 bridgehead atoms. The Morgan fingerprint density at radius 1 is 1.10 bits per heavy atom. The predicted octanol–water partition coefficient (Wildman–Crippen LogP) is 4.72. The Kier molecular flexibility index (Phi) is 8.09. The molecule has 1 aromatic heterocycles. The van der Waals surface area contributed by atoms with E-state index < -0.39 is 0 Å². The minimum absolute atomic E-state index is 0.0419. The molecular weight excluding hydrogens is 408 g/mol. The third-order valence-electron chi connectivity index (χ3n) is 5.25. The highest BCUT2D eigenvalue weighted by Crippen LogP contribution is 2.26. The number of nitrogens with one attached hydrogen (secondary N) is 1. The number of methoxy groups -OCH3 is 1. The minimum Gasteiger partial charge on any atom is -0.497 e. The molecule has 1 aliphatic rings. The molecule has 29 heavy (non-hydrogen) atoms. The largest absolute Gasteiger partial charge is 0.497 e. The first kappa shape index (κ1) is 21.8. The van der Waals surface area contributed by atoms with E-state index in [2.05, 4.69) is 22.3 Å². The van der Waals surface area contributed by atoms with E-state index in [1.807, 2.05) is 12.1 Å². The van der Waals surface area contributed by atoms with Gasteiger partial charge in [-0.1, -0.05) is 30.2 Å². The third-order valence-corrected chi connectivity index (χ3v) is 6.52. The summed E-state index contributed by atoms with van der Waals surface area (Å²) >= 11 is 7.13. The molecule has 1 aliphatic heterocycles. The van der Waals surface area contributed by atoms with Gasteiger partial charge in [-0.15, -0.1) is 11.3 Å². The number of ketones is 1. The summed E-state index contributed by atoms with van der Waals surface area (Å²) in [6.07, 6.45) is 3.99. The van der Waals surface area contributed by atoms with E-state index in [0.717, 1.165) is 24.4 Å². The van der Waals surface area contributed by atoms with E-state index in [9.17, 15) is 9.59 Å². The molecule has 156 valence electrons. The lowest BCUT2D eigenvalue weighted by atomic mass is 10.0. The van der Waals surface area contributed by atoms with Crippen molar-refractivity contribution in [3.05, 3.63) is 51.2 Å². The second kappa shape index (κ2) is 10.8. The fraction of sp³-hybridized carbons (Fsp3) is 0.455. The van der Waals surface area contributed by atoms with Crippen molar-refractivity contribution in [1.29, 1.82) is 0 Å². The summed E-state index contributed by atoms with van der Waals surface area (Å²) in [5.74, 6) is 0.679. The number of nitrogens with zero attached hydrogens (tertiary/aromatic N) is 1. The maximum Gasteiger partial charge on any atom is 0.220 e. The van der Waals surface area contributed by atoms with Crippen LogP contribution in [0.2, 0.25) is 4.34 Å². The molecule has 1 saturated heterocycles. The monoisotopic (exact) mass is 434 g/mol. The number of amides is 1. The minimum atomic E-state index is -0.100. The Morgan fingerprint density at radius 3 is 2.45 bits per heavy atom. The Morgan fingerprint density at radius 2 is 1.83 bits per heavy atom. The highest BCUT2D eigenvalue weighted by atomic mass is 35.5. The summed E-state index contributed by atoms with van der Waals surface area (Å²) in [5.41, 5.74) is 1.16. The summed E-state index contributed by atoms with van der Waals surface area (Å²) in [6.45, 7) is 2.60. The van der Waals surface area contributed by atoms with Crippen LogP contribution in [0.3, 0.4) is 0 Å². The maximum absolute atomic E-state index is 12.4. The van der Waals surface area contributed by atoms with Crippen molar-refractivity contribution in [2.24, 2.45) is 0 Å². The molecule has 0 saturated carbocycles. The van der Waals surface area contributed by atoms with E-state index in [0.29, 0.717) is 15.8 Å². The van der Waals surface area contributed by atoms with E-state index in [1.54, 1.807) is 19.2 Å². The molecule has 1 aromatic carbocycles. The second-order valence-electron chi connectivity index (χ2n) is 7.22. The number of halogens is 1. The molecule has 1 unspecified atom stereocenters. The van der Waals surface area contributed by atoms with E-state index in [-0.39, 0.29) is 30.6 Å². The Labute approximate surface area is 181 Å². The SMILES string of the molecule is COc1ccc(C(CNC(=O)CCC(=O)c2ccc(Cl)s2)N2CCCCC2)cc1. The molecule has 1 amide bonds. The van der Waals surface area contributed by atoms with Gasteiger partial charge in [-0.2, -0.15) is 0 Å². The number of hydrogen-bond acceptors (Lipinski definition) is 5. The van der Waals surface area contributed by atoms with Crippen molar-refractivity contribution >= 4 is 34.6 Å². The van der Waals surface area contributed by atoms with Crippen LogP contribution in [0.15, 0.2) is 36.4 Å². The molecule has 1 atom stereocenters. The van der Waals surface area contributed by atoms with Gasteiger partial charge >= 0.3 is 0 Å². The van der Waals surface area contributed by atoms with Crippen LogP contribution in [0, 0.1) is 0 Å². The van der Waals surface area contributed by atoms with Gasteiger partial charge in [0.1, 0.15) is 5.75 Å². The van der Waals surface area contributed by atoms with Crippen molar-refractivity contribution in [3.8, 4) is 5.75 Å². The van der Waals surface area contributed by atoms with Crippen LogP contribution in [0.1, 0.15) is 53.4 Å². The maximum atomic E-state index is 12.4. The van der Waals surface area contributed by atoms with Crippen molar-refractivity contribution in [2.45, 2.75) is 38.1 Å². The van der Waals surface area contributed by atoms with E-state index in [1.165, 1.54) is 30.6 Å². The first-order valence-corrected chi connectivity index (χ1v) is 11.2. The van der Waals surface area contributed by atoms with Crippen LogP contribution < -0.4 is 10.1 Å². The van der Waals surface area contributed by atoms with Crippen LogP contribution in [-0.2, 0) is 4.79 Å². The lowest BCUT2D eigenvalue weighted by molar-refractivity contribution is -0.121. The lowest BCUT2D eigenvalue weighted by Crippen LogP contribution is -2.40. The average Bonchev–Trinajstić information content (AvgIpc) is 3.20. The summed E-state index contributed by atoms with van der Waals surface area (Å²) in [6, 6.07) is 11.6. The van der Waals surface area contributed by atoms with E-state index >= 15 is 0 Å². The van der Waals surface area contributed by atoms with Crippen molar-refractivity contribution in [3.63, 3.8) is 0 Å². The number of piperidine rings is 1. The van der Waals surface area contributed by atoms with Gasteiger partial charge in [0.15, 0.2) is 5.78 Å². The fourth-order valence-electron chi connectivity index (χ4n) is 3.63.